The van der Waals surface area contributed by atoms with Crippen LogP contribution in [0.15, 0.2) is 29.2 Å². The van der Waals surface area contributed by atoms with Gasteiger partial charge in [0.15, 0.2) is 0 Å². The van der Waals surface area contributed by atoms with Crippen LogP contribution in [0.1, 0.15) is 56.3 Å². The zero-order valence-corrected chi connectivity index (χ0v) is 14.7. The minimum atomic E-state index is -3.51. The summed E-state index contributed by atoms with van der Waals surface area (Å²) in [6, 6.07) is 6.14. The molecule has 6 heteroatoms. The van der Waals surface area contributed by atoms with Crippen LogP contribution >= 0.6 is 0 Å². The van der Waals surface area contributed by atoms with Gasteiger partial charge in [-0.25, -0.2) is 13.1 Å². The van der Waals surface area contributed by atoms with Gasteiger partial charge in [-0.2, -0.15) is 0 Å². The van der Waals surface area contributed by atoms with Crippen molar-refractivity contribution in [1.29, 1.82) is 0 Å². The maximum absolute atomic E-state index is 12.4. The predicted octanol–water partition coefficient (Wildman–Crippen LogP) is 2.68. The van der Waals surface area contributed by atoms with Gasteiger partial charge in [0.05, 0.1) is 4.90 Å². The van der Waals surface area contributed by atoms with Crippen molar-refractivity contribution >= 4 is 15.9 Å². The Morgan fingerprint density at radius 2 is 1.74 bits per heavy atom. The van der Waals surface area contributed by atoms with Crippen molar-refractivity contribution in [3.63, 3.8) is 0 Å². The summed E-state index contributed by atoms with van der Waals surface area (Å²) < 4.78 is 27.5. The van der Waals surface area contributed by atoms with E-state index in [1.807, 2.05) is 13.8 Å². The van der Waals surface area contributed by atoms with Gasteiger partial charge in [0, 0.05) is 18.2 Å². The van der Waals surface area contributed by atoms with E-state index in [0.29, 0.717) is 18.0 Å². The van der Waals surface area contributed by atoms with E-state index in [1.165, 1.54) is 18.6 Å². The minimum Gasteiger partial charge on any atom is -0.352 e. The second-order valence-corrected chi connectivity index (χ2v) is 8.30. The summed E-state index contributed by atoms with van der Waals surface area (Å²) >= 11 is 0. The van der Waals surface area contributed by atoms with Crippen LogP contribution in [0.25, 0.3) is 0 Å². The molecule has 1 saturated carbocycles. The number of carbonyl (C=O) groups is 1. The monoisotopic (exact) mass is 338 g/mol. The molecule has 1 aromatic carbocycles. The topological polar surface area (TPSA) is 75.3 Å². The molecule has 1 amide bonds. The highest BCUT2D eigenvalue weighted by molar-refractivity contribution is 7.89. The minimum absolute atomic E-state index is 0.0303. The van der Waals surface area contributed by atoms with Gasteiger partial charge in [0.2, 0.25) is 10.0 Å². The normalized spacial score (nSPS) is 16.5. The first-order chi connectivity index (χ1) is 10.9. The van der Waals surface area contributed by atoms with Gasteiger partial charge in [0.1, 0.15) is 0 Å². The van der Waals surface area contributed by atoms with Crippen molar-refractivity contribution in [3.8, 4) is 0 Å². The molecule has 0 atom stereocenters. The Labute approximate surface area is 138 Å². The van der Waals surface area contributed by atoms with Gasteiger partial charge in [0.25, 0.3) is 5.91 Å². The number of sulfonamides is 1. The summed E-state index contributed by atoms with van der Waals surface area (Å²) in [6.45, 7) is 4.64. The molecule has 0 spiro atoms. The fraction of sp³-hybridized carbons (Fsp3) is 0.588. The van der Waals surface area contributed by atoms with Gasteiger partial charge in [-0.1, -0.05) is 33.1 Å². The van der Waals surface area contributed by atoms with Crippen LogP contribution in [0.3, 0.4) is 0 Å². The molecular formula is C17H26N2O3S. The van der Waals surface area contributed by atoms with Crippen LogP contribution < -0.4 is 10.0 Å². The van der Waals surface area contributed by atoms with Crippen molar-refractivity contribution in [2.24, 2.45) is 5.92 Å². The second-order valence-electron chi connectivity index (χ2n) is 6.58. The van der Waals surface area contributed by atoms with E-state index in [1.54, 1.807) is 12.1 Å². The van der Waals surface area contributed by atoms with Crippen molar-refractivity contribution < 1.29 is 13.2 Å². The van der Waals surface area contributed by atoms with Crippen LogP contribution in [0.4, 0.5) is 0 Å². The van der Waals surface area contributed by atoms with Gasteiger partial charge >= 0.3 is 0 Å². The zero-order chi connectivity index (χ0) is 16.9. The summed E-state index contributed by atoms with van der Waals surface area (Å²) in [5.41, 5.74) is 0.474. The van der Waals surface area contributed by atoms with E-state index in [9.17, 15) is 13.2 Å². The Morgan fingerprint density at radius 1 is 1.13 bits per heavy atom. The molecule has 1 fully saturated rings. The summed E-state index contributed by atoms with van der Waals surface area (Å²) in [7, 11) is -3.51. The fourth-order valence-corrected chi connectivity index (χ4v) is 4.00. The maximum Gasteiger partial charge on any atom is 0.251 e. The number of rotatable bonds is 6. The zero-order valence-electron chi connectivity index (χ0n) is 13.8. The van der Waals surface area contributed by atoms with Crippen LogP contribution in [0.5, 0.6) is 0 Å². The first-order valence-electron chi connectivity index (χ1n) is 8.29. The molecule has 2 N–H and O–H groups in total. The largest absolute Gasteiger partial charge is 0.352 e. The third-order valence-electron chi connectivity index (χ3n) is 4.02. The molecule has 1 aliphatic rings. The van der Waals surface area contributed by atoms with Crippen molar-refractivity contribution in [3.05, 3.63) is 29.8 Å². The van der Waals surface area contributed by atoms with Crippen molar-refractivity contribution in [2.45, 2.75) is 56.9 Å². The third kappa shape index (κ3) is 5.32. The van der Waals surface area contributed by atoms with Crippen molar-refractivity contribution in [1.82, 2.24) is 10.0 Å². The molecule has 5 nitrogen and oxygen atoms in total. The lowest BCUT2D eigenvalue weighted by molar-refractivity contribution is 0.0949. The quantitative estimate of drug-likeness (QED) is 0.837. The van der Waals surface area contributed by atoms with E-state index < -0.39 is 10.0 Å². The molecule has 0 bridgehead atoms. The second kappa shape index (κ2) is 7.93. The molecule has 2 rings (SSSR count). The van der Waals surface area contributed by atoms with Gasteiger partial charge < -0.3 is 5.32 Å². The molecule has 0 unspecified atom stereocenters. The van der Waals surface area contributed by atoms with E-state index in [2.05, 4.69) is 10.0 Å². The number of hydrogen-bond acceptors (Lipinski definition) is 3. The van der Waals surface area contributed by atoms with E-state index >= 15 is 0 Å². The molecule has 0 aliphatic heterocycles. The number of nitrogens with one attached hydrogen (secondary N) is 2. The fourth-order valence-electron chi connectivity index (χ4n) is 2.69. The van der Waals surface area contributed by atoms with Crippen molar-refractivity contribution in [2.75, 3.05) is 6.54 Å². The molecule has 0 saturated heterocycles. The summed E-state index contributed by atoms with van der Waals surface area (Å²) in [4.78, 5) is 12.2. The predicted molar refractivity (Wildman–Crippen MR) is 90.8 cm³/mol. The molecule has 23 heavy (non-hydrogen) atoms. The maximum atomic E-state index is 12.4. The smallest absolute Gasteiger partial charge is 0.251 e. The van der Waals surface area contributed by atoms with E-state index in [0.717, 1.165) is 25.7 Å². The third-order valence-corrected chi connectivity index (χ3v) is 5.56. The molecule has 128 valence electrons. The van der Waals surface area contributed by atoms with Crippen LogP contribution in [0, 0.1) is 5.92 Å². The number of carbonyl (C=O) groups excluding carboxylic acids is 1. The summed E-state index contributed by atoms with van der Waals surface area (Å²) in [6.07, 6.45) is 5.12. The average Bonchev–Trinajstić information content (AvgIpc) is 2.53. The highest BCUT2D eigenvalue weighted by Gasteiger charge is 2.22. The number of benzene rings is 1. The Morgan fingerprint density at radius 3 is 2.30 bits per heavy atom. The standard InChI is InChI=1S/C17H26N2O3S/c1-13(2)12-18-17(20)14-8-10-16(11-9-14)23(21,22)19-15-6-4-3-5-7-15/h8-11,13,15,19H,3-7,12H2,1-2H3,(H,18,20). The molecule has 0 radical (unpaired) electrons. The van der Waals surface area contributed by atoms with Gasteiger partial charge in [-0.15, -0.1) is 0 Å². The first kappa shape index (κ1) is 17.9. The Balaban J connectivity index is 2.01. The van der Waals surface area contributed by atoms with Crippen LogP contribution in [0.2, 0.25) is 0 Å². The SMILES string of the molecule is CC(C)CNC(=O)c1ccc(S(=O)(=O)NC2CCCCC2)cc1. The lowest BCUT2D eigenvalue weighted by Crippen LogP contribution is -2.36. The lowest BCUT2D eigenvalue weighted by Gasteiger charge is -2.22. The molecule has 0 heterocycles. The number of hydrogen-bond donors (Lipinski definition) is 2. The Kier molecular flexibility index (Phi) is 6.18. The Bertz CT molecular complexity index is 618. The molecule has 1 aromatic rings. The number of amides is 1. The highest BCUT2D eigenvalue weighted by atomic mass is 32.2. The molecular weight excluding hydrogens is 312 g/mol. The van der Waals surface area contributed by atoms with Crippen LogP contribution in [-0.4, -0.2) is 26.9 Å². The van der Waals surface area contributed by atoms with E-state index in [4.69, 9.17) is 0 Å². The first-order valence-corrected chi connectivity index (χ1v) is 9.77. The van der Waals surface area contributed by atoms with Crippen LogP contribution in [-0.2, 0) is 10.0 Å². The summed E-state index contributed by atoms with van der Waals surface area (Å²) in [5.74, 6) is 0.196. The van der Waals surface area contributed by atoms with Gasteiger partial charge in [-0.3, -0.25) is 4.79 Å². The van der Waals surface area contributed by atoms with E-state index in [-0.39, 0.29) is 16.8 Å². The molecule has 1 aliphatic carbocycles. The Hall–Kier alpha value is -1.40. The average molecular weight is 338 g/mol. The summed E-state index contributed by atoms with van der Waals surface area (Å²) in [5, 5.41) is 2.82. The van der Waals surface area contributed by atoms with Gasteiger partial charge in [-0.05, 0) is 43.0 Å². The lowest BCUT2D eigenvalue weighted by atomic mass is 9.96. The highest BCUT2D eigenvalue weighted by Crippen LogP contribution is 2.20. The molecule has 0 aromatic heterocycles.